The molecule has 1 aromatic rings. The number of fused-ring (bicyclic) bond motifs is 1. The lowest BCUT2D eigenvalue weighted by atomic mass is 10.1. The van der Waals surface area contributed by atoms with E-state index in [0.29, 0.717) is 28.8 Å². The van der Waals surface area contributed by atoms with Crippen LogP contribution in [-0.4, -0.2) is 45.3 Å². The zero-order valence-corrected chi connectivity index (χ0v) is 12.4. The predicted molar refractivity (Wildman–Crippen MR) is 78.4 cm³/mol. The van der Waals surface area contributed by atoms with Crippen molar-refractivity contribution in [3.63, 3.8) is 0 Å². The van der Waals surface area contributed by atoms with Crippen molar-refractivity contribution < 1.29 is 8.42 Å². The number of hydrogen-bond donors (Lipinski definition) is 1. The molecule has 108 valence electrons. The van der Waals surface area contributed by atoms with Crippen molar-refractivity contribution in [2.24, 2.45) is 10.9 Å². The molecule has 0 aliphatic carbocycles. The van der Waals surface area contributed by atoms with Crippen LogP contribution in [0.15, 0.2) is 34.2 Å². The highest BCUT2D eigenvalue weighted by Gasteiger charge is 2.30. The summed E-state index contributed by atoms with van der Waals surface area (Å²) in [5.41, 5.74) is 0.692. The Bertz CT molecular complexity index is 640. The van der Waals surface area contributed by atoms with Gasteiger partial charge in [-0.15, -0.1) is 0 Å². The summed E-state index contributed by atoms with van der Waals surface area (Å²) in [6, 6.07) is 7.00. The fraction of sp³-hybridized carbons (Fsp3) is 0.500. The number of likely N-dealkylation sites (tertiary alicyclic amines) is 1. The van der Waals surface area contributed by atoms with Gasteiger partial charge in [0, 0.05) is 18.7 Å². The van der Waals surface area contributed by atoms with Crippen LogP contribution in [-0.2, 0) is 10.0 Å². The summed E-state index contributed by atoms with van der Waals surface area (Å²) in [6.45, 7) is 6.09. The van der Waals surface area contributed by atoms with Crippen molar-refractivity contribution in [3.05, 3.63) is 29.8 Å². The Morgan fingerprint density at radius 3 is 2.95 bits per heavy atom. The van der Waals surface area contributed by atoms with E-state index in [2.05, 4.69) is 21.5 Å². The number of hydrogen-bond acceptors (Lipinski definition) is 4. The van der Waals surface area contributed by atoms with Gasteiger partial charge in [-0.2, -0.15) is 0 Å². The molecule has 1 N–H and O–H groups in total. The maximum absolute atomic E-state index is 12.0. The third kappa shape index (κ3) is 2.45. The monoisotopic (exact) mass is 293 g/mol. The average molecular weight is 293 g/mol. The zero-order valence-electron chi connectivity index (χ0n) is 11.5. The molecule has 0 saturated carbocycles. The summed E-state index contributed by atoms with van der Waals surface area (Å²) in [4.78, 5) is 7.24. The predicted octanol–water partition coefficient (Wildman–Crippen LogP) is 1.07. The maximum atomic E-state index is 12.0. The minimum atomic E-state index is -3.41. The molecule has 2 aliphatic heterocycles. The third-order valence-electron chi connectivity index (χ3n) is 3.99. The number of amidine groups is 1. The molecule has 2 aliphatic rings. The van der Waals surface area contributed by atoms with Crippen LogP contribution in [0.2, 0.25) is 0 Å². The van der Waals surface area contributed by atoms with Crippen molar-refractivity contribution in [1.29, 1.82) is 0 Å². The molecule has 2 heterocycles. The molecule has 0 radical (unpaired) electrons. The lowest BCUT2D eigenvalue weighted by Gasteiger charge is -2.11. The van der Waals surface area contributed by atoms with Crippen LogP contribution >= 0.6 is 0 Å². The van der Waals surface area contributed by atoms with Gasteiger partial charge in [-0.1, -0.05) is 19.1 Å². The first-order valence-electron chi connectivity index (χ1n) is 6.99. The van der Waals surface area contributed by atoms with Crippen LogP contribution < -0.4 is 4.72 Å². The molecule has 0 spiro atoms. The number of aliphatic imine (C=N–C) groups is 1. The van der Waals surface area contributed by atoms with Gasteiger partial charge < -0.3 is 4.90 Å². The van der Waals surface area contributed by atoms with Gasteiger partial charge in [0.1, 0.15) is 5.84 Å². The van der Waals surface area contributed by atoms with E-state index in [-0.39, 0.29) is 0 Å². The van der Waals surface area contributed by atoms with Crippen LogP contribution in [0.25, 0.3) is 0 Å². The first kappa shape index (κ1) is 13.6. The van der Waals surface area contributed by atoms with Crippen molar-refractivity contribution in [2.45, 2.75) is 18.2 Å². The number of benzene rings is 1. The highest BCUT2D eigenvalue weighted by Crippen LogP contribution is 2.23. The third-order valence-corrected chi connectivity index (χ3v) is 5.38. The zero-order chi connectivity index (χ0) is 14.2. The van der Waals surface area contributed by atoms with Crippen molar-refractivity contribution in [2.75, 3.05) is 26.2 Å². The van der Waals surface area contributed by atoms with E-state index < -0.39 is 10.0 Å². The number of rotatable bonds is 3. The molecular weight excluding hydrogens is 274 g/mol. The summed E-state index contributed by atoms with van der Waals surface area (Å²) >= 11 is 0. The first-order chi connectivity index (χ1) is 9.60. The smallest absolute Gasteiger partial charge is 0.263 e. The normalized spacial score (nSPS) is 26.6. The molecule has 1 saturated heterocycles. The SMILES string of the molecule is CCN1CCC(CN=C2NS(=O)(=O)c3ccccc32)C1. The molecule has 1 atom stereocenters. The molecule has 6 heteroatoms. The van der Waals surface area contributed by atoms with Crippen LogP contribution in [0.1, 0.15) is 18.9 Å². The van der Waals surface area contributed by atoms with E-state index in [4.69, 9.17) is 0 Å². The van der Waals surface area contributed by atoms with Gasteiger partial charge >= 0.3 is 0 Å². The highest BCUT2D eigenvalue weighted by atomic mass is 32.2. The van der Waals surface area contributed by atoms with E-state index in [9.17, 15) is 8.42 Å². The molecular formula is C14H19N3O2S. The summed E-state index contributed by atoms with van der Waals surface area (Å²) in [6.07, 6.45) is 1.14. The lowest BCUT2D eigenvalue weighted by molar-refractivity contribution is 0.344. The summed E-state index contributed by atoms with van der Waals surface area (Å²) < 4.78 is 26.5. The Morgan fingerprint density at radius 1 is 1.40 bits per heavy atom. The molecule has 1 fully saturated rings. The number of nitrogens with zero attached hydrogens (tertiary/aromatic N) is 2. The maximum Gasteiger partial charge on any atom is 0.263 e. The van der Waals surface area contributed by atoms with Crippen molar-refractivity contribution >= 4 is 15.9 Å². The van der Waals surface area contributed by atoms with E-state index in [1.54, 1.807) is 18.2 Å². The van der Waals surface area contributed by atoms with Gasteiger partial charge in [0.05, 0.1) is 4.90 Å². The Labute approximate surface area is 119 Å². The minimum Gasteiger partial charge on any atom is -0.303 e. The van der Waals surface area contributed by atoms with Gasteiger partial charge in [0.25, 0.3) is 10.0 Å². The second-order valence-corrected chi connectivity index (χ2v) is 6.99. The van der Waals surface area contributed by atoms with Gasteiger partial charge in [0.15, 0.2) is 0 Å². The average Bonchev–Trinajstić information content (AvgIpc) is 3.00. The molecule has 0 amide bonds. The van der Waals surface area contributed by atoms with Crippen LogP contribution in [0, 0.1) is 5.92 Å². The van der Waals surface area contributed by atoms with Crippen LogP contribution in [0.5, 0.6) is 0 Å². The Morgan fingerprint density at radius 2 is 2.20 bits per heavy atom. The summed E-state index contributed by atoms with van der Waals surface area (Å²) in [7, 11) is -3.41. The Hall–Kier alpha value is -1.40. The van der Waals surface area contributed by atoms with Gasteiger partial charge in [0.2, 0.25) is 0 Å². The van der Waals surface area contributed by atoms with Gasteiger partial charge in [-0.05, 0) is 37.6 Å². The largest absolute Gasteiger partial charge is 0.303 e. The Kier molecular flexibility index (Phi) is 3.52. The van der Waals surface area contributed by atoms with E-state index in [1.807, 2.05) is 6.07 Å². The molecule has 3 rings (SSSR count). The van der Waals surface area contributed by atoms with E-state index in [1.165, 1.54) is 0 Å². The van der Waals surface area contributed by atoms with E-state index >= 15 is 0 Å². The first-order valence-corrected chi connectivity index (χ1v) is 8.47. The second-order valence-electron chi connectivity index (χ2n) is 5.34. The lowest BCUT2D eigenvalue weighted by Crippen LogP contribution is -2.24. The minimum absolute atomic E-state index is 0.334. The molecule has 1 unspecified atom stereocenters. The fourth-order valence-electron chi connectivity index (χ4n) is 2.82. The van der Waals surface area contributed by atoms with Crippen LogP contribution in [0.3, 0.4) is 0 Å². The molecule has 1 aromatic carbocycles. The highest BCUT2D eigenvalue weighted by molar-refractivity contribution is 7.90. The molecule has 0 bridgehead atoms. The second kappa shape index (κ2) is 5.18. The molecule has 5 nitrogen and oxygen atoms in total. The standard InChI is InChI=1S/C14H19N3O2S/c1-2-17-8-7-11(10-17)9-15-14-12-5-3-4-6-13(12)20(18,19)16-14/h3-6,11H,2,7-10H2,1H3,(H,15,16). The molecule has 0 aromatic heterocycles. The summed E-state index contributed by atoms with van der Waals surface area (Å²) in [5, 5.41) is 0. The molecule has 20 heavy (non-hydrogen) atoms. The van der Waals surface area contributed by atoms with Crippen LogP contribution in [0.4, 0.5) is 0 Å². The van der Waals surface area contributed by atoms with Crippen molar-refractivity contribution in [3.8, 4) is 0 Å². The van der Waals surface area contributed by atoms with E-state index in [0.717, 1.165) is 26.1 Å². The number of nitrogens with one attached hydrogen (secondary N) is 1. The topological polar surface area (TPSA) is 61.8 Å². The summed E-state index contributed by atoms with van der Waals surface area (Å²) in [5.74, 6) is 1.02. The Balaban J connectivity index is 1.78. The number of sulfonamides is 1. The fourth-order valence-corrected chi connectivity index (χ4v) is 4.07. The van der Waals surface area contributed by atoms with Gasteiger partial charge in [-0.25, -0.2) is 8.42 Å². The quantitative estimate of drug-likeness (QED) is 0.906. The van der Waals surface area contributed by atoms with Gasteiger partial charge in [-0.3, -0.25) is 9.71 Å². The van der Waals surface area contributed by atoms with Crippen molar-refractivity contribution in [1.82, 2.24) is 9.62 Å².